The first-order chi connectivity index (χ1) is 10.0. The standard InChI is InChI=1S/C15H21ClN2O3/c1-11(19)18-5-3-4-17(6-7-18)10-12-8-13(16)9-14(21-2)15(12)20/h8-9,20H,3-7,10H2,1-2H3. The molecular formula is C15H21ClN2O3. The van der Waals surface area contributed by atoms with Gasteiger partial charge in [-0.3, -0.25) is 9.69 Å². The van der Waals surface area contributed by atoms with Gasteiger partial charge in [0.1, 0.15) is 0 Å². The summed E-state index contributed by atoms with van der Waals surface area (Å²) in [6, 6.07) is 3.35. The van der Waals surface area contributed by atoms with Crippen LogP contribution in [0, 0.1) is 0 Å². The van der Waals surface area contributed by atoms with Crippen LogP contribution in [0.15, 0.2) is 12.1 Å². The van der Waals surface area contributed by atoms with E-state index in [1.165, 1.54) is 7.11 Å². The SMILES string of the molecule is COc1cc(Cl)cc(CN2CCCN(C(C)=O)CC2)c1O. The molecule has 21 heavy (non-hydrogen) atoms. The largest absolute Gasteiger partial charge is 0.504 e. The van der Waals surface area contributed by atoms with Crippen molar-refractivity contribution in [2.75, 3.05) is 33.3 Å². The first kappa shape index (κ1) is 15.9. The maximum atomic E-state index is 11.4. The number of carbonyl (C=O) groups excluding carboxylic acids is 1. The molecule has 1 fully saturated rings. The molecule has 1 saturated heterocycles. The minimum absolute atomic E-state index is 0.115. The van der Waals surface area contributed by atoms with Gasteiger partial charge < -0.3 is 14.7 Å². The van der Waals surface area contributed by atoms with E-state index < -0.39 is 0 Å². The Balaban J connectivity index is 2.08. The molecule has 5 nitrogen and oxygen atoms in total. The molecule has 0 aliphatic carbocycles. The van der Waals surface area contributed by atoms with Crippen molar-refractivity contribution in [3.63, 3.8) is 0 Å². The molecule has 0 atom stereocenters. The normalized spacial score (nSPS) is 16.6. The number of nitrogens with zero attached hydrogens (tertiary/aromatic N) is 2. The Morgan fingerprint density at radius 2 is 2.10 bits per heavy atom. The molecule has 1 aliphatic heterocycles. The summed E-state index contributed by atoms with van der Waals surface area (Å²) in [5.74, 6) is 0.636. The summed E-state index contributed by atoms with van der Waals surface area (Å²) in [5.41, 5.74) is 0.746. The molecule has 6 heteroatoms. The highest BCUT2D eigenvalue weighted by molar-refractivity contribution is 6.30. The Kier molecular flexibility index (Phi) is 5.31. The van der Waals surface area contributed by atoms with Gasteiger partial charge in [-0.05, 0) is 12.5 Å². The third-order valence-electron chi connectivity index (χ3n) is 3.77. The fourth-order valence-corrected chi connectivity index (χ4v) is 2.82. The molecule has 1 aromatic rings. The van der Waals surface area contributed by atoms with Gasteiger partial charge in [0.15, 0.2) is 11.5 Å². The second-order valence-corrected chi connectivity index (χ2v) is 5.69. The van der Waals surface area contributed by atoms with Crippen LogP contribution in [0.1, 0.15) is 18.9 Å². The van der Waals surface area contributed by atoms with Gasteiger partial charge in [-0.1, -0.05) is 11.6 Å². The van der Waals surface area contributed by atoms with Crippen LogP contribution in [0.4, 0.5) is 0 Å². The van der Waals surface area contributed by atoms with Crippen molar-refractivity contribution in [1.29, 1.82) is 0 Å². The molecular weight excluding hydrogens is 292 g/mol. The number of phenols is 1. The van der Waals surface area contributed by atoms with Gasteiger partial charge in [0, 0.05) is 56.3 Å². The maximum Gasteiger partial charge on any atom is 0.219 e. The molecule has 1 heterocycles. The molecule has 0 unspecified atom stereocenters. The molecule has 1 aliphatic rings. The van der Waals surface area contributed by atoms with Crippen molar-refractivity contribution in [3.05, 3.63) is 22.7 Å². The van der Waals surface area contributed by atoms with Crippen LogP contribution in [0.25, 0.3) is 0 Å². The fraction of sp³-hybridized carbons (Fsp3) is 0.533. The van der Waals surface area contributed by atoms with Crippen LogP contribution in [-0.2, 0) is 11.3 Å². The molecule has 116 valence electrons. The Bertz CT molecular complexity index is 522. The average molecular weight is 313 g/mol. The molecule has 0 bridgehead atoms. The number of aromatic hydroxyl groups is 1. The Labute approximate surface area is 130 Å². The van der Waals surface area contributed by atoms with Gasteiger partial charge in [-0.2, -0.15) is 0 Å². The molecule has 2 rings (SSSR count). The lowest BCUT2D eigenvalue weighted by atomic mass is 10.1. The topological polar surface area (TPSA) is 53.0 Å². The van der Waals surface area contributed by atoms with E-state index in [0.29, 0.717) is 23.9 Å². The third kappa shape index (κ3) is 4.02. The van der Waals surface area contributed by atoms with Crippen molar-refractivity contribution < 1.29 is 14.6 Å². The van der Waals surface area contributed by atoms with E-state index >= 15 is 0 Å². The van der Waals surface area contributed by atoms with E-state index in [1.54, 1.807) is 19.1 Å². The van der Waals surface area contributed by atoms with Gasteiger partial charge in [0.05, 0.1) is 7.11 Å². The lowest BCUT2D eigenvalue weighted by molar-refractivity contribution is -0.128. The average Bonchev–Trinajstić information content (AvgIpc) is 2.68. The van der Waals surface area contributed by atoms with Crippen LogP contribution in [0.2, 0.25) is 5.02 Å². The predicted octanol–water partition coefficient (Wildman–Crippen LogP) is 2.11. The number of hydrogen-bond acceptors (Lipinski definition) is 4. The van der Waals surface area contributed by atoms with Crippen LogP contribution in [0.5, 0.6) is 11.5 Å². The summed E-state index contributed by atoms with van der Waals surface area (Å²) < 4.78 is 5.12. The zero-order valence-corrected chi connectivity index (χ0v) is 13.2. The highest BCUT2D eigenvalue weighted by atomic mass is 35.5. The Morgan fingerprint density at radius 1 is 1.33 bits per heavy atom. The van der Waals surface area contributed by atoms with Crippen molar-refractivity contribution in [2.45, 2.75) is 19.9 Å². The Hall–Kier alpha value is -1.46. The number of halogens is 1. The summed E-state index contributed by atoms with van der Waals surface area (Å²) in [6.45, 7) is 5.37. The number of phenolic OH excluding ortho intramolecular Hbond substituents is 1. The number of carbonyl (C=O) groups is 1. The van der Waals surface area contributed by atoms with E-state index in [2.05, 4.69) is 4.90 Å². The number of benzene rings is 1. The smallest absolute Gasteiger partial charge is 0.219 e. The first-order valence-corrected chi connectivity index (χ1v) is 7.42. The molecule has 1 aromatic carbocycles. The summed E-state index contributed by atoms with van der Waals surface area (Å²) in [7, 11) is 1.51. The molecule has 0 aromatic heterocycles. The molecule has 0 radical (unpaired) electrons. The number of rotatable bonds is 3. The minimum atomic E-state index is 0.115. The first-order valence-electron chi connectivity index (χ1n) is 7.04. The predicted molar refractivity (Wildman–Crippen MR) is 81.8 cm³/mol. The second kappa shape index (κ2) is 7.00. The Morgan fingerprint density at radius 3 is 2.76 bits per heavy atom. The van der Waals surface area contributed by atoms with Crippen LogP contribution in [0.3, 0.4) is 0 Å². The van der Waals surface area contributed by atoms with Crippen molar-refractivity contribution in [3.8, 4) is 11.5 Å². The highest BCUT2D eigenvalue weighted by Gasteiger charge is 2.18. The summed E-state index contributed by atoms with van der Waals surface area (Å²) in [5, 5.41) is 10.7. The van der Waals surface area contributed by atoms with Crippen LogP contribution >= 0.6 is 11.6 Å². The van der Waals surface area contributed by atoms with Gasteiger partial charge in [0.25, 0.3) is 0 Å². The van der Waals surface area contributed by atoms with Gasteiger partial charge in [0.2, 0.25) is 5.91 Å². The van der Waals surface area contributed by atoms with E-state index in [0.717, 1.165) is 31.6 Å². The summed E-state index contributed by atoms with van der Waals surface area (Å²) in [4.78, 5) is 15.5. The number of amides is 1. The lowest BCUT2D eigenvalue weighted by Gasteiger charge is -2.22. The molecule has 0 spiro atoms. The summed E-state index contributed by atoms with van der Waals surface area (Å²) in [6.07, 6.45) is 0.929. The number of methoxy groups -OCH3 is 1. The van der Waals surface area contributed by atoms with E-state index in [9.17, 15) is 9.90 Å². The van der Waals surface area contributed by atoms with Gasteiger partial charge in [-0.25, -0.2) is 0 Å². The van der Waals surface area contributed by atoms with E-state index in [4.69, 9.17) is 16.3 Å². The summed E-state index contributed by atoms with van der Waals surface area (Å²) >= 11 is 6.05. The van der Waals surface area contributed by atoms with Crippen molar-refractivity contribution >= 4 is 17.5 Å². The second-order valence-electron chi connectivity index (χ2n) is 5.25. The monoisotopic (exact) mass is 312 g/mol. The van der Waals surface area contributed by atoms with Crippen LogP contribution in [-0.4, -0.2) is 54.1 Å². The van der Waals surface area contributed by atoms with Crippen LogP contribution < -0.4 is 4.74 Å². The number of hydrogen-bond donors (Lipinski definition) is 1. The maximum absolute atomic E-state index is 11.4. The van der Waals surface area contributed by atoms with Gasteiger partial charge in [-0.15, -0.1) is 0 Å². The lowest BCUT2D eigenvalue weighted by Crippen LogP contribution is -2.33. The van der Waals surface area contributed by atoms with E-state index in [-0.39, 0.29) is 11.7 Å². The minimum Gasteiger partial charge on any atom is -0.504 e. The van der Waals surface area contributed by atoms with Crippen molar-refractivity contribution in [1.82, 2.24) is 9.80 Å². The molecule has 1 amide bonds. The zero-order chi connectivity index (χ0) is 15.4. The van der Waals surface area contributed by atoms with Gasteiger partial charge >= 0.3 is 0 Å². The third-order valence-corrected chi connectivity index (χ3v) is 3.98. The fourth-order valence-electron chi connectivity index (χ4n) is 2.59. The van der Waals surface area contributed by atoms with Crippen molar-refractivity contribution in [2.24, 2.45) is 0 Å². The molecule has 0 saturated carbocycles. The quantitative estimate of drug-likeness (QED) is 0.929. The highest BCUT2D eigenvalue weighted by Crippen LogP contribution is 2.34. The number of ether oxygens (including phenoxy) is 1. The molecule has 1 N–H and O–H groups in total. The van der Waals surface area contributed by atoms with E-state index in [1.807, 2.05) is 4.90 Å². The zero-order valence-electron chi connectivity index (χ0n) is 12.4.